The van der Waals surface area contributed by atoms with Gasteiger partial charge in [-0.25, -0.2) is 19.9 Å². The van der Waals surface area contributed by atoms with Crippen molar-refractivity contribution < 1.29 is 4.74 Å². The highest BCUT2D eigenvalue weighted by atomic mass is 16.5. The van der Waals surface area contributed by atoms with Crippen LogP contribution in [0.2, 0.25) is 0 Å². The van der Waals surface area contributed by atoms with Crippen molar-refractivity contribution in [3.63, 3.8) is 0 Å². The van der Waals surface area contributed by atoms with Crippen molar-refractivity contribution in [2.24, 2.45) is 0 Å². The fraction of sp³-hybridized carbons (Fsp3) is 0.500. The maximum absolute atomic E-state index is 5.86. The third-order valence-corrected chi connectivity index (χ3v) is 3.68. The molecule has 22 heavy (non-hydrogen) atoms. The van der Waals surface area contributed by atoms with Gasteiger partial charge in [-0.3, -0.25) is 4.90 Å². The van der Waals surface area contributed by atoms with E-state index in [2.05, 4.69) is 24.8 Å². The fourth-order valence-corrected chi connectivity index (χ4v) is 2.66. The summed E-state index contributed by atoms with van der Waals surface area (Å²) in [7, 11) is 0. The molecule has 0 N–H and O–H groups in total. The molecular formula is C16H21N5O. The van der Waals surface area contributed by atoms with E-state index in [0.717, 1.165) is 48.2 Å². The van der Waals surface area contributed by atoms with Crippen LogP contribution in [0.4, 0.5) is 0 Å². The normalized spacial score (nSPS) is 19.3. The van der Waals surface area contributed by atoms with Gasteiger partial charge in [0.15, 0.2) is 5.82 Å². The van der Waals surface area contributed by atoms with Gasteiger partial charge < -0.3 is 4.74 Å². The van der Waals surface area contributed by atoms with Crippen LogP contribution in [0.15, 0.2) is 18.5 Å². The van der Waals surface area contributed by atoms with Crippen molar-refractivity contribution in [2.75, 3.05) is 19.7 Å². The van der Waals surface area contributed by atoms with Crippen LogP contribution < -0.4 is 0 Å². The quantitative estimate of drug-likeness (QED) is 0.860. The predicted octanol–water partition coefficient (Wildman–Crippen LogP) is 1.77. The summed E-state index contributed by atoms with van der Waals surface area (Å²) < 4.78 is 5.86. The number of hydrogen-bond donors (Lipinski definition) is 0. The standard InChI is InChI=1S/C16H21N5O/c1-11-6-12(2)20-16(19-11)15-10-21(4-5-22-15)9-14-7-17-13(3)18-8-14/h6-8,15H,4-5,9-10H2,1-3H3/t15-/m0/s1. The summed E-state index contributed by atoms with van der Waals surface area (Å²) in [5.74, 6) is 1.58. The summed E-state index contributed by atoms with van der Waals surface area (Å²) in [4.78, 5) is 19.9. The molecular weight excluding hydrogens is 278 g/mol. The van der Waals surface area contributed by atoms with Crippen LogP contribution in [-0.2, 0) is 11.3 Å². The average Bonchev–Trinajstić information content (AvgIpc) is 2.49. The first-order valence-electron chi connectivity index (χ1n) is 7.54. The molecule has 0 unspecified atom stereocenters. The van der Waals surface area contributed by atoms with E-state index in [1.807, 2.05) is 39.2 Å². The van der Waals surface area contributed by atoms with Gasteiger partial charge in [0.25, 0.3) is 0 Å². The first-order valence-corrected chi connectivity index (χ1v) is 7.54. The van der Waals surface area contributed by atoms with Gasteiger partial charge >= 0.3 is 0 Å². The Morgan fingerprint density at radius 1 is 1.14 bits per heavy atom. The summed E-state index contributed by atoms with van der Waals surface area (Å²) in [5.41, 5.74) is 3.08. The van der Waals surface area contributed by atoms with Gasteiger partial charge in [0.2, 0.25) is 0 Å². The summed E-state index contributed by atoms with van der Waals surface area (Å²) in [6.45, 7) is 9.07. The number of rotatable bonds is 3. The molecule has 0 amide bonds. The molecule has 3 rings (SSSR count). The molecule has 0 aromatic carbocycles. The monoisotopic (exact) mass is 299 g/mol. The van der Waals surface area contributed by atoms with Crippen molar-refractivity contribution in [1.82, 2.24) is 24.8 Å². The van der Waals surface area contributed by atoms with Gasteiger partial charge in [0.1, 0.15) is 11.9 Å². The second-order valence-corrected chi connectivity index (χ2v) is 5.74. The van der Waals surface area contributed by atoms with E-state index >= 15 is 0 Å². The number of nitrogens with zero attached hydrogens (tertiary/aromatic N) is 5. The number of aryl methyl sites for hydroxylation is 3. The highest BCUT2D eigenvalue weighted by molar-refractivity contribution is 5.11. The molecule has 1 atom stereocenters. The molecule has 1 saturated heterocycles. The van der Waals surface area contributed by atoms with Gasteiger partial charge in [0.05, 0.1) is 6.61 Å². The molecule has 116 valence electrons. The van der Waals surface area contributed by atoms with Crippen LogP contribution in [0.25, 0.3) is 0 Å². The Labute approximate surface area is 130 Å². The molecule has 6 nitrogen and oxygen atoms in total. The summed E-state index contributed by atoms with van der Waals surface area (Å²) in [5, 5.41) is 0. The lowest BCUT2D eigenvalue weighted by Gasteiger charge is -2.32. The van der Waals surface area contributed by atoms with Crippen LogP contribution in [0.1, 0.15) is 34.7 Å². The first-order chi connectivity index (χ1) is 10.6. The molecule has 2 aromatic rings. The van der Waals surface area contributed by atoms with E-state index < -0.39 is 0 Å². The molecule has 1 fully saturated rings. The Hall–Kier alpha value is -1.92. The molecule has 6 heteroatoms. The fourth-order valence-electron chi connectivity index (χ4n) is 2.66. The van der Waals surface area contributed by atoms with E-state index in [0.29, 0.717) is 6.61 Å². The zero-order chi connectivity index (χ0) is 15.5. The minimum atomic E-state index is -0.0706. The molecule has 0 aliphatic carbocycles. The van der Waals surface area contributed by atoms with Gasteiger partial charge in [-0.05, 0) is 26.8 Å². The number of morpholine rings is 1. The van der Waals surface area contributed by atoms with Crippen molar-refractivity contribution >= 4 is 0 Å². The van der Waals surface area contributed by atoms with Crippen molar-refractivity contribution in [3.05, 3.63) is 47.1 Å². The van der Waals surface area contributed by atoms with E-state index in [1.54, 1.807) is 0 Å². The third-order valence-electron chi connectivity index (χ3n) is 3.68. The lowest BCUT2D eigenvalue weighted by molar-refractivity contribution is -0.0374. The van der Waals surface area contributed by atoms with Crippen LogP contribution in [-0.4, -0.2) is 44.5 Å². The lowest BCUT2D eigenvalue weighted by atomic mass is 10.2. The topological polar surface area (TPSA) is 64.0 Å². The second-order valence-electron chi connectivity index (χ2n) is 5.74. The molecule has 0 bridgehead atoms. The summed E-state index contributed by atoms with van der Waals surface area (Å²) in [6, 6.07) is 1.98. The number of hydrogen-bond acceptors (Lipinski definition) is 6. The second kappa shape index (κ2) is 6.46. The number of aromatic nitrogens is 4. The minimum Gasteiger partial charge on any atom is -0.368 e. The molecule has 0 spiro atoms. The maximum Gasteiger partial charge on any atom is 0.158 e. The first kappa shape index (κ1) is 15.0. The Morgan fingerprint density at radius 3 is 2.50 bits per heavy atom. The Balaban J connectivity index is 1.69. The summed E-state index contributed by atoms with van der Waals surface area (Å²) >= 11 is 0. The Kier molecular flexibility index (Phi) is 4.40. The van der Waals surface area contributed by atoms with E-state index in [4.69, 9.17) is 4.74 Å². The van der Waals surface area contributed by atoms with Crippen LogP contribution in [0.5, 0.6) is 0 Å². The lowest BCUT2D eigenvalue weighted by Crippen LogP contribution is -2.38. The summed E-state index contributed by atoms with van der Waals surface area (Å²) in [6.07, 6.45) is 3.71. The highest BCUT2D eigenvalue weighted by Gasteiger charge is 2.24. The maximum atomic E-state index is 5.86. The van der Waals surface area contributed by atoms with E-state index in [9.17, 15) is 0 Å². The highest BCUT2D eigenvalue weighted by Crippen LogP contribution is 2.21. The molecule has 3 heterocycles. The SMILES string of the molecule is Cc1cc(C)nc([C@@H]2CN(Cc3cnc(C)nc3)CCO2)n1. The van der Waals surface area contributed by atoms with Gasteiger partial charge in [0, 0.05) is 49.0 Å². The van der Waals surface area contributed by atoms with Crippen LogP contribution in [0, 0.1) is 20.8 Å². The van der Waals surface area contributed by atoms with Gasteiger partial charge in [-0.15, -0.1) is 0 Å². The predicted molar refractivity (Wildman–Crippen MR) is 82.2 cm³/mol. The zero-order valence-corrected chi connectivity index (χ0v) is 13.3. The van der Waals surface area contributed by atoms with E-state index in [1.165, 1.54) is 0 Å². The third kappa shape index (κ3) is 3.64. The largest absolute Gasteiger partial charge is 0.368 e. The van der Waals surface area contributed by atoms with Crippen molar-refractivity contribution in [1.29, 1.82) is 0 Å². The zero-order valence-electron chi connectivity index (χ0n) is 13.3. The van der Waals surface area contributed by atoms with Crippen molar-refractivity contribution in [2.45, 2.75) is 33.4 Å². The minimum absolute atomic E-state index is 0.0706. The van der Waals surface area contributed by atoms with Gasteiger partial charge in [-0.2, -0.15) is 0 Å². The molecule has 2 aromatic heterocycles. The average molecular weight is 299 g/mol. The number of ether oxygens (including phenoxy) is 1. The molecule has 1 aliphatic rings. The van der Waals surface area contributed by atoms with E-state index in [-0.39, 0.29) is 6.10 Å². The molecule has 0 radical (unpaired) electrons. The molecule has 1 aliphatic heterocycles. The van der Waals surface area contributed by atoms with Crippen LogP contribution in [0.3, 0.4) is 0 Å². The molecule has 0 saturated carbocycles. The van der Waals surface area contributed by atoms with Crippen molar-refractivity contribution in [3.8, 4) is 0 Å². The van der Waals surface area contributed by atoms with Gasteiger partial charge in [-0.1, -0.05) is 0 Å². The Bertz CT molecular complexity index is 623. The van der Waals surface area contributed by atoms with Crippen LogP contribution >= 0.6 is 0 Å². The smallest absolute Gasteiger partial charge is 0.158 e. The Morgan fingerprint density at radius 2 is 1.82 bits per heavy atom.